The van der Waals surface area contributed by atoms with Crippen LogP contribution in [0, 0.1) is 6.92 Å². The first kappa shape index (κ1) is 19.8. The lowest BCUT2D eigenvalue weighted by Crippen LogP contribution is -2.35. The average molecular weight is 433 g/mol. The number of benzene rings is 3. The molecule has 5 rings (SSSR count). The fourth-order valence-corrected chi connectivity index (χ4v) is 5.62. The molecule has 0 aliphatic carbocycles. The van der Waals surface area contributed by atoms with Crippen LogP contribution in [0.1, 0.15) is 23.1 Å². The van der Waals surface area contributed by atoms with Crippen molar-refractivity contribution in [1.82, 2.24) is 4.90 Å². The number of ether oxygens (including phenoxy) is 1. The molecular weight excluding hydrogens is 408 g/mol. The summed E-state index contributed by atoms with van der Waals surface area (Å²) in [6.07, 6.45) is 0.838. The number of hydrogen-bond donors (Lipinski definition) is 0. The molecule has 2 aliphatic rings. The van der Waals surface area contributed by atoms with Crippen molar-refractivity contribution in [2.75, 3.05) is 13.2 Å². The quantitative estimate of drug-likeness (QED) is 0.622. The van der Waals surface area contributed by atoms with Crippen molar-refractivity contribution in [1.29, 1.82) is 0 Å². The lowest BCUT2D eigenvalue weighted by Gasteiger charge is -2.31. The van der Waals surface area contributed by atoms with Crippen molar-refractivity contribution < 1.29 is 13.2 Å². The van der Waals surface area contributed by atoms with Crippen LogP contribution in [0.15, 0.2) is 94.2 Å². The van der Waals surface area contributed by atoms with Crippen molar-refractivity contribution >= 4 is 16.0 Å². The summed E-state index contributed by atoms with van der Waals surface area (Å²) >= 11 is 0. The van der Waals surface area contributed by atoms with E-state index in [1.54, 1.807) is 24.3 Å². The Hall–Kier alpha value is -3.12. The van der Waals surface area contributed by atoms with Crippen LogP contribution < -0.4 is 0 Å². The molecule has 158 valence electrons. The molecule has 1 atom stereocenters. The van der Waals surface area contributed by atoms with Crippen LogP contribution in [0.5, 0.6) is 0 Å². The predicted molar refractivity (Wildman–Crippen MR) is 121 cm³/mol. The van der Waals surface area contributed by atoms with Gasteiger partial charge in [0.25, 0.3) is 10.0 Å². The summed E-state index contributed by atoms with van der Waals surface area (Å²) in [5.41, 5.74) is 3.19. The van der Waals surface area contributed by atoms with Gasteiger partial charge in [0.15, 0.2) is 0 Å². The minimum Gasteiger partial charge on any atom is -0.462 e. The molecular formula is C25H24N2O3S. The average Bonchev–Trinajstić information content (AvgIpc) is 3.35. The molecule has 2 heterocycles. The molecule has 0 saturated carbocycles. The Bertz CT molecular complexity index is 1170. The van der Waals surface area contributed by atoms with Crippen molar-refractivity contribution in [3.63, 3.8) is 0 Å². The lowest BCUT2D eigenvalue weighted by molar-refractivity contribution is 0.313. The summed E-state index contributed by atoms with van der Waals surface area (Å²) in [7, 11) is -3.84. The van der Waals surface area contributed by atoms with Crippen molar-refractivity contribution in [3.8, 4) is 0 Å². The fraction of sp³-hybridized carbons (Fsp3) is 0.240. The Morgan fingerprint density at radius 1 is 0.903 bits per heavy atom. The molecule has 2 fully saturated rings. The molecule has 0 unspecified atom stereocenters. The summed E-state index contributed by atoms with van der Waals surface area (Å²) in [6, 6.07) is 27.8. The van der Waals surface area contributed by atoms with Gasteiger partial charge in [-0.1, -0.05) is 78.4 Å². The molecule has 31 heavy (non-hydrogen) atoms. The van der Waals surface area contributed by atoms with Crippen LogP contribution in [0.2, 0.25) is 0 Å². The van der Waals surface area contributed by atoms with Gasteiger partial charge >= 0.3 is 6.02 Å². The minimum atomic E-state index is -3.84. The molecule has 5 nitrogen and oxygen atoms in total. The predicted octanol–water partition coefficient (Wildman–Crippen LogP) is 4.13. The monoisotopic (exact) mass is 432 g/mol. The first-order chi connectivity index (χ1) is 15.0. The lowest BCUT2D eigenvalue weighted by atomic mass is 9.73. The first-order valence-electron chi connectivity index (χ1n) is 10.4. The maximum atomic E-state index is 12.9. The largest absolute Gasteiger partial charge is 0.462 e. The molecule has 0 aromatic heterocycles. The number of fused-ring (bicyclic) bond motifs is 1. The van der Waals surface area contributed by atoms with Crippen molar-refractivity contribution in [2.24, 2.45) is 4.40 Å². The van der Waals surface area contributed by atoms with E-state index in [1.165, 1.54) is 11.1 Å². The maximum Gasteiger partial charge on any atom is 0.303 e. The van der Waals surface area contributed by atoms with Crippen molar-refractivity contribution in [2.45, 2.75) is 29.7 Å². The topological polar surface area (TPSA) is 59.0 Å². The van der Waals surface area contributed by atoms with E-state index in [-0.39, 0.29) is 22.4 Å². The van der Waals surface area contributed by atoms with E-state index in [1.807, 2.05) is 24.0 Å². The van der Waals surface area contributed by atoms with Crippen LogP contribution in [0.4, 0.5) is 0 Å². The summed E-state index contributed by atoms with van der Waals surface area (Å²) in [5, 5.41) is 0. The molecule has 0 spiro atoms. The standard InChI is InChI=1S/C25H24N2O3S/c1-19-12-14-23(15-13-19)31(28,29)26-24-27-18-25(16-22(27)17-30-24,20-8-4-2-5-9-20)21-10-6-3-7-11-21/h2-15,22H,16-18H2,1H3/b26-24-/t22-/m1/s1. The van der Waals surface area contributed by atoms with Gasteiger partial charge in [-0.05, 0) is 36.6 Å². The molecule has 0 amide bonds. The molecule has 2 aliphatic heterocycles. The second-order valence-electron chi connectivity index (χ2n) is 8.27. The fourth-order valence-electron chi connectivity index (χ4n) is 4.67. The number of sulfonamides is 1. The third-order valence-electron chi connectivity index (χ3n) is 6.29. The van der Waals surface area contributed by atoms with Gasteiger partial charge < -0.3 is 9.64 Å². The van der Waals surface area contributed by atoms with Gasteiger partial charge in [-0.15, -0.1) is 4.40 Å². The molecule has 3 aromatic rings. The van der Waals surface area contributed by atoms with Gasteiger partial charge in [0, 0.05) is 12.0 Å². The zero-order chi connectivity index (χ0) is 21.5. The third-order valence-corrected chi connectivity index (χ3v) is 7.55. The van der Waals surface area contributed by atoms with Gasteiger partial charge in [-0.25, -0.2) is 0 Å². The zero-order valence-corrected chi connectivity index (χ0v) is 18.1. The van der Waals surface area contributed by atoms with E-state index in [0.717, 1.165) is 12.0 Å². The highest BCUT2D eigenvalue weighted by Gasteiger charge is 2.51. The highest BCUT2D eigenvalue weighted by molar-refractivity contribution is 7.90. The third kappa shape index (κ3) is 3.51. The van der Waals surface area contributed by atoms with Gasteiger partial charge in [-0.2, -0.15) is 8.42 Å². The van der Waals surface area contributed by atoms with Crippen LogP contribution in [0.3, 0.4) is 0 Å². The number of amidine groups is 1. The number of rotatable bonds is 4. The van der Waals surface area contributed by atoms with Crippen molar-refractivity contribution in [3.05, 3.63) is 102 Å². The van der Waals surface area contributed by atoms with E-state index < -0.39 is 10.0 Å². The first-order valence-corrected chi connectivity index (χ1v) is 11.8. The molecule has 2 saturated heterocycles. The van der Waals surface area contributed by atoms with E-state index in [2.05, 4.69) is 52.9 Å². The Kier molecular flexibility index (Phi) is 4.82. The van der Waals surface area contributed by atoms with E-state index >= 15 is 0 Å². The summed E-state index contributed by atoms with van der Waals surface area (Å²) < 4.78 is 35.6. The smallest absolute Gasteiger partial charge is 0.303 e. The Morgan fingerprint density at radius 3 is 2.06 bits per heavy atom. The number of hydrogen-bond acceptors (Lipinski definition) is 3. The van der Waals surface area contributed by atoms with Crippen LogP contribution >= 0.6 is 0 Å². The maximum absolute atomic E-state index is 12.9. The molecule has 6 heteroatoms. The van der Waals surface area contributed by atoms with Crippen LogP contribution in [0.25, 0.3) is 0 Å². The summed E-state index contributed by atoms with van der Waals surface area (Å²) in [5.74, 6) is 0. The number of nitrogens with zero attached hydrogens (tertiary/aromatic N) is 2. The highest BCUT2D eigenvalue weighted by Crippen LogP contribution is 2.45. The van der Waals surface area contributed by atoms with Crippen LogP contribution in [-0.4, -0.2) is 38.5 Å². The molecule has 3 aromatic carbocycles. The van der Waals surface area contributed by atoms with E-state index in [9.17, 15) is 8.42 Å². The van der Waals surface area contributed by atoms with Gasteiger partial charge in [0.1, 0.15) is 6.61 Å². The van der Waals surface area contributed by atoms with Crippen LogP contribution in [-0.2, 0) is 20.2 Å². The highest BCUT2D eigenvalue weighted by atomic mass is 32.2. The SMILES string of the molecule is Cc1ccc(S(=O)(=O)/N=C2\OC[C@H]3CC(c4ccccc4)(c4ccccc4)CN23)cc1. The number of aryl methyl sites for hydroxylation is 1. The Morgan fingerprint density at radius 2 is 1.48 bits per heavy atom. The second-order valence-corrected chi connectivity index (χ2v) is 9.88. The second kappa shape index (κ2) is 7.54. The van der Waals surface area contributed by atoms with E-state index in [4.69, 9.17) is 4.74 Å². The molecule has 0 bridgehead atoms. The van der Waals surface area contributed by atoms with E-state index in [0.29, 0.717) is 13.2 Å². The summed E-state index contributed by atoms with van der Waals surface area (Å²) in [4.78, 5) is 2.19. The molecule has 0 radical (unpaired) electrons. The minimum absolute atomic E-state index is 0.0763. The van der Waals surface area contributed by atoms with Gasteiger partial charge in [-0.3, -0.25) is 0 Å². The summed E-state index contributed by atoms with van der Waals surface area (Å²) in [6.45, 7) is 2.97. The van der Waals surface area contributed by atoms with Gasteiger partial charge in [0.05, 0.1) is 10.9 Å². The Balaban J connectivity index is 1.53. The zero-order valence-electron chi connectivity index (χ0n) is 17.3. The van der Waals surface area contributed by atoms with Gasteiger partial charge in [0.2, 0.25) is 0 Å². The Labute approximate surface area is 183 Å². The molecule has 0 N–H and O–H groups in total. The normalized spacial score (nSPS) is 21.1.